The van der Waals surface area contributed by atoms with Crippen molar-refractivity contribution in [1.29, 1.82) is 0 Å². The zero-order valence-electron chi connectivity index (χ0n) is 8.53. The van der Waals surface area contributed by atoms with E-state index in [0.29, 0.717) is 5.39 Å². The van der Waals surface area contributed by atoms with Crippen molar-refractivity contribution < 1.29 is 0 Å². The minimum atomic E-state index is -0.112. The summed E-state index contributed by atoms with van der Waals surface area (Å²) in [4.78, 5) is 14.9. The van der Waals surface area contributed by atoms with Crippen molar-refractivity contribution in [2.24, 2.45) is 0 Å². The normalized spacial score (nSPS) is 11.0. The molecule has 0 atom stereocenters. The van der Waals surface area contributed by atoms with Gasteiger partial charge in [0.05, 0.1) is 11.2 Å². The number of pyridine rings is 1. The van der Waals surface area contributed by atoms with Crippen LogP contribution in [0, 0.1) is 0 Å². The molecule has 0 aliphatic rings. The fourth-order valence-electron chi connectivity index (χ4n) is 1.99. The van der Waals surface area contributed by atoms with E-state index in [4.69, 9.17) is 5.73 Å². The number of hydrogen-bond donors (Lipinski definition) is 2. The average Bonchev–Trinajstić information content (AvgIpc) is 2.33. The highest BCUT2D eigenvalue weighted by molar-refractivity contribution is 6.05. The molecule has 0 saturated carbocycles. The first-order valence-corrected chi connectivity index (χ1v) is 5.06. The molecular weight excluding hydrogens is 200 g/mol. The van der Waals surface area contributed by atoms with Crippen molar-refractivity contribution in [1.82, 2.24) is 4.98 Å². The number of hydrogen-bond acceptors (Lipinski definition) is 2. The smallest absolute Gasteiger partial charge is 0.212 e. The molecule has 2 aromatic carbocycles. The number of H-pyrrole nitrogens is 1. The first-order chi connectivity index (χ1) is 7.77. The predicted octanol–water partition coefficient (Wildman–Crippen LogP) is 2.26. The van der Waals surface area contributed by atoms with Crippen LogP contribution in [0.25, 0.3) is 21.7 Å². The van der Waals surface area contributed by atoms with Crippen molar-refractivity contribution in [3.8, 4) is 0 Å². The van der Waals surface area contributed by atoms with E-state index >= 15 is 0 Å². The van der Waals surface area contributed by atoms with Gasteiger partial charge in [0.15, 0.2) is 0 Å². The predicted molar refractivity (Wildman–Crippen MR) is 66.5 cm³/mol. The number of aromatic nitrogens is 1. The molecule has 3 nitrogen and oxygen atoms in total. The minimum absolute atomic E-state index is 0.112. The van der Waals surface area contributed by atoms with E-state index in [1.54, 1.807) is 6.20 Å². The number of anilines is 1. The fraction of sp³-hybridized carbons (Fsp3) is 0. The Morgan fingerprint density at radius 2 is 1.81 bits per heavy atom. The number of fused-ring (bicyclic) bond motifs is 3. The highest BCUT2D eigenvalue weighted by Crippen LogP contribution is 2.21. The summed E-state index contributed by atoms with van der Waals surface area (Å²) < 4.78 is 0. The molecule has 3 aromatic rings. The second-order valence-electron chi connectivity index (χ2n) is 3.78. The summed E-state index contributed by atoms with van der Waals surface area (Å²) in [5.41, 5.74) is 6.57. The molecule has 1 aromatic heterocycles. The van der Waals surface area contributed by atoms with Gasteiger partial charge in [0.2, 0.25) is 5.43 Å². The Balaban J connectivity index is 2.63. The van der Waals surface area contributed by atoms with Crippen LogP contribution in [-0.4, -0.2) is 4.98 Å². The molecule has 1 heterocycles. The van der Waals surface area contributed by atoms with Crippen LogP contribution in [0.15, 0.2) is 47.4 Å². The van der Waals surface area contributed by atoms with E-state index < -0.39 is 0 Å². The van der Waals surface area contributed by atoms with Crippen molar-refractivity contribution in [3.63, 3.8) is 0 Å². The van der Waals surface area contributed by atoms with Gasteiger partial charge in [-0.3, -0.25) is 4.79 Å². The third-order valence-electron chi connectivity index (χ3n) is 2.81. The molecule has 0 aliphatic heterocycles. The van der Waals surface area contributed by atoms with Crippen LogP contribution in [0.2, 0.25) is 0 Å². The monoisotopic (exact) mass is 210 g/mol. The topological polar surface area (TPSA) is 58.9 Å². The Bertz CT molecular complexity index is 744. The number of nitrogen functional groups attached to an aromatic ring is 1. The maximum atomic E-state index is 11.8. The lowest BCUT2D eigenvalue weighted by Crippen LogP contribution is -2.08. The molecule has 0 spiro atoms. The van der Waals surface area contributed by atoms with Gasteiger partial charge in [-0.2, -0.15) is 0 Å². The van der Waals surface area contributed by atoms with Crippen molar-refractivity contribution in [2.45, 2.75) is 0 Å². The van der Waals surface area contributed by atoms with Crippen molar-refractivity contribution in [3.05, 3.63) is 52.8 Å². The molecule has 0 fully saturated rings. The van der Waals surface area contributed by atoms with E-state index in [0.717, 1.165) is 16.3 Å². The van der Waals surface area contributed by atoms with Gasteiger partial charge < -0.3 is 10.7 Å². The summed E-state index contributed by atoms with van der Waals surface area (Å²) in [6.45, 7) is 0. The molecule has 0 bridgehead atoms. The summed E-state index contributed by atoms with van der Waals surface area (Å²) >= 11 is 0. The summed E-state index contributed by atoms with van der Waals surface area (Å²) in [5, 5.41) is 2.78. The first-order valence-electron chi connectivity index (χ1n) is 5.06. The van der Waals surface area contributed by atoms with Gasteiger partial charge in [0.25, 0.3) is 0 Å². The largest absolute Gasteiger partial charge is 0.394 e. The van der Waals surface area contributed by atoms with E-state index in [1.165, 1.54) is 0 Å². The lowest BCUT2D eigenvalue weighted by Gasteiger charge is -2.03. The van der Waals surface area contributed by atoms with Crippen LogP contribution in [0.3, 0.4) is 0 Å². The quantitative estimate of drug-likeness (QED) is 0.559. The zero-order valence-corrected chi connectivity index (χ0v) is 8.53. The van der Waals surface area contributed by atoms with Crippen LogP contribution in [0.1, 0.15) is 0 Å². The standard InChI is InChI=1S/C13H10N2O/c14-11-7-15-12-9-4-2-1-3-8(9)5-6-10(12)13(11)16/h1-7H,14H2,(H,15,16). The van der Waals surface area contributed by atoms with Crippen LogP contribution >= 0.6 is 0 Å². The summed E-state index contributed by atoms with van der Waals surface area (Å²) in [6, 6.07) is 11.7. The number of nitrogens with one attached hydrogen (secondary N) is 1. The maximum Gasteiger partial charge on any atom is 0.212 e. The molecule has 0 unspecified atom stereocenters. The Kier molecular flexibility index (Phi) is 1.74. The summed E-state index contributed by atoms with van der Waals surface area (Å²) in [6.07, 6.45) is 1.55. The van der Waals surface area contributed by atoms with Crippen molar-refractivity contribution in [2.75, 3.05) is 5.73 Å². The van der Waals surface area contributed by atoms with E-state index in [-0.39, 0.29) is 11.1 Å². The molecule has 16 heavy (non-hydrogen) atoms. The Hall–Kier alpha value is -2.29. The summed E-state index contributed by atoms with van der Waals surface area (Å²) in [7, 11) is 0. The third-order valence-corrected chi connectivity index (χ3v) is 2.81. The van der Waals surface area contributed by atoms with Crippen molar-refractivity contribution >= 4 is 27.4 Å². The first kappa shape index (κ1) is 8.97. The fourth-order valence-corrected chi connectivity index (χ4v) is 1.99. The number of rotatable bonds is 0. The molecule has 0 amide bonds. The zero-order chi connectivity index (χ0) is 11.1. The van der Waals surface area contributed by atoms with Gasteiger partial charge in [-0.1, -0.05) is 30.3 Å². The van der Waals surface area contributed by atoms with Crippen LogP contribution in [-0.2, 0) is 0 Å². The molecule has 3 N–H and O–H groups in total. The van der Waals surface area contributed by atoms with Gasteiger partial charge in [-0.05, 0) is 11.5 Å². The Labute approximate surface area is 91.5 Å². The number of aromatic amines is 1. The highest BCUT2D eigenvalue weighted by atomic mass is 16.1. The number of nitrogens with two attached hydrogens (primary N) is 1. The highest BCUT2D eigenvalue weighted by Gasteiger charge is 2.04. The van der Waals surface area contributed by atoms with Crippen LogP contribution < -0.4 is 11.2 Å². The van der Waals surface area contributed by atoms with Crippen LogP contribution in [0.4, 0.5) is 5.69 Å². The minimum Gasteiger partial charge on any atom is -0.394 e. The second-order valence-corrected chi connectivity index (χ2v) is 3.78. The summed E-state index contributed by atoms with van der Waals surface area (Å²) in [5.74, 6) is 0. The lowest BCUT2D eigenvalue weighted by molar-refractivity contribution is 1.41. The molecule has 0 aliphatic carbocycles. The van der Waals surface area contributed by atoms with E-state index in [9.17, 15) is 4.79 Å². The van der Waals surface area contributed by atoms with E-state index in [1.807, 2.05) is 36.4 Å². The van der Waals surface area contributed by atoms with Gasteiger partial charge in [-0.15, -0.1) is 0 Å². The molecular formula is C13H10N2O. The number of benzene rings is 2. The molecule has 3 heteroatoms. The van der Waals surface area contributed by atoms with Gasteiger partial charge in [-0.25, -0.2) is 0 Å². The van der Waals surface area contributed by atoms with E-state index in [2.05, 4.69) is 4.98 Å². The molecule has 78 valence electrons. The third kappa shape index (κ3) is 1.11. The Morgan fingerprint density at radius 1 is 1.00 bits per heavy atom. The SMILES string of the molecule is Nc1c[nH]c2c(ccc3ccccc32)c1=O. The van der Waals surface area contributed by atoms with Gasteiger partial charge >= 0.3 is 0 Å². The molecule has 3 rings (SSSR count). The Morgan fingerprint density at radius 3 is 2.69 bits per heavy atom. The molecule has 0 radical (unpaired) electrons. The lowest BCUT2D eigenvalue weighted by atomic mass is 10.1. The molecule has 0 saturated heterocycles. The average molecular weight is 210 g/mol. The van der Waals surface area contributed by atoms with Gasteiger partial charge in [0.1, 0.15) is 0 Å². The maximum absolute atomic E-state index is 11.8. The second kappa shape index (κ2) is 3.10. The van der Waals surface area contributed by atoms with Crippen LogP contribution in [0.5, 0.6) is 0 Å². The van der Waals surface area contributed by atoms with Gasteiger partial charge in [0, 0.05) is 17.0 Å².